The van der Waals surface area contributed by atoms with Gasteiger partial charge in [0.2, 0.25) is 0 Å². The second-order valence-corrected chi connectivity index (χ2v) is 6.94. The van der Waals surface area contributed by atoms with Crippen molar-refractivity contribution in [1.29, 1.82) is 5.26 Å². The molecule has 0 aliphatic heterocycles. The van der Waals surface area contributed by atoms with Crippen LogP contribution in [-0.2, 0) is 6.54 Å². The lowest BCUT2D eigenvalue weighted by molar-refractivity contribution is 0.296. The molecule has 0 fully saturated rings. The third-order valence-corrected chi connectivity index (χ3v) is 4.46. The van der Waals surface area contributed by atoms with E-state index in [-0.39, 0.29) is 0 Å². The van der Waals surface area contributed by atoms with Crippen LogP contribution >= 0.6 is 23.2 Å². The fraction of sp³-hybridized carbons (Fsp3) is 0.316. The number of nitrogens with zero attached hydrogens (tertiary/aromatic N) is 5. The van der Waals surface area contributed by atoms with Gasteiger partial charge in [0.25, 0.3) is 0 Å². The van der Waals surface area contributed by atoms with Crippen molar-refractivity contribution in [2.24, 2.45) is 0 Å². The largest absolute Gasteiger partial charge is 0.340 e. The van der Waals surface area contributed by atoms with Gasteiger partial charge >= 0.3 is 0 Å². The topological polar surface area (TPSA) is 69.2 Å². The summed E-state index contributed by atoms with van der Waals surface area (Å²) in [5.74, 6) is 1.78. The van der Waals surface area contributed by atoms with E-state index in [9.17, 15) is 5.26 Å². The molecule has 1 N–H and O–H groups in total. The SMILES string of the molecule is Cc1cccc(Nc2cc(CN(CCCl)CCCl)nc3c(C#N)cnn23)c1. The number of nitriles is 1. The van der Waals surface area contributed by atoms with Crippen molar-refractivity contribution >= 4 is 40.4 Å². The van der Waals surface area contributed by atoms with Gasteiger partial charge in [0, 0.05) is 43.1 Å². The van der Waals surface area contributed by atoms with Crippen LogP contribution in [0.4, 0.5) is 11.5 Å². The molecule has 2 aromatic heterocycles. The fourth-order valence-electron chi connectivity index (χ4n) is 2.87. The number of anilines is 2. The predicted molar refractivity (Wildman–Crippen MR) is 109 cm³/mol. The van der Waals surface area contributed by atoms with Crippen LogP contribution in [0, 0.1) is 18.3 Å². The zero-order valence-electron chi connectivity index (χ0n) is 15.0. The fourth-order valence-corrected chi connectivity index (χ4v) is 3.35. The summed E-state index contributed by atoms with van der Waals surface area (Å²) in [6.45, 7) is 4.06. The number of rotatable bonds is 8. The summed E-state index contributed by atoms with van der Waals surface area (Å²) in [7, 11) is 0. The zero-order chi connectivity index (χ0) is 19.2. The Bertz CT molecular complexity index is 956. The van der Waals surface area contributed by atoms with Gasteiger partial charge in [-0.2, -0.15) is 14.9 Å². The van der Waals surface area contributed by atoms with Crippen molar-refractivity contribution in [1.82, 2.24) is 19.5 Å². The number of benzene rings is 1. The van der Waals surface area contributed by atoms with Crippen molar-refractivity contribution in [3.8, 4) is 6.07 Å². The van der Waals surface area contributed by atoms with Gasteiger partial charge in [-0.15, -0.1) is 23.2 Å². The van der Waals surface area contributed by atoms with Crippen molar-refractivity contribution in [3.05, 3.63) is 53.3 Å². The molecular weight excluding hydrogens is 383 g/mol. The summed E-state index contributed by atoms with van der Waals surface area (Å²) in [6, 6.07) is 12.2. The number of nitrogens with one attached hydrogen (secondary N) is 1. The summed E-state index contributed by atoms with van der Waals surface area (Å²) in [6.07, 6.45) is 1.53. The van der Waals surface area contributed by atoms with Crippen molar-refractivity contribution < 1.29 is 0 Å². The first-order chi connectivity index (χ1) is 13.1. The average Bonchev–Trinajstić information content (AvgIpc) is 3.05. The lowest BCUT2D eigenvalue weighted by atomic mass is 10.2. The van der Waals surface area contributed by atoms with Gasteiger partial charge in [0.15, 0.2) is 5.65 Å². The molecule has 0 aliphatic rings. The number of aryl methyl sites for hydroxylation is 1. The third-order valence-electron chi connectivity index (χ3n) is 4.12. The van der Waals surface area contributed by atoms with E-state index in [0.717, 1.165) is 22.8 Å². The number of hydrogen-bond donors (Lipinski definition) is 1. The van der Waals surface area contributed by atoms with Gasteiger partial charge in [-0.1, -0.05) is 12.1 Å². The molecule has 0 bridgehead atoms. The van der Waals surface area contributed by atoms with Crippen LogP contribution in [0.15, 0.2) is 36.5 Å². The molecule has 0 atom stereocenters. The molecule has 0 amide bonds. The molecule has 2 heterocycles. The molecule has 3 aromatic rings. The summed E-state index contributed by atoms with van der Waals surface area (Å²) >= 11 is 11.8. The lowest BCUT2D eigenvalue weighted by Gasteiger charge is -2.20. The normalized spacial score (nSPS) is 11.1. The lowest BCUT2D eigenvalue weighted by Crippen LogP contribution is -2.28. The van der Waals surface area contributed by atoms with Crippen LogP contribution in [0.2, 0.25) is 0 Å². The van der Waals surface area contributed by atoms with E-state index in [1.807, 2.05) is 37.3 Å². The Morgan fingerprint density at radius 1 is 1.22 bits per heavy atom. The van der Waals surface area contributed by atoms with Crippen LogP contribution < -0.4 is 5.32 Å². The Labute approximate surface area is 168 Å². The van der Waals surface area contributed by atoms with Crippen LogP contribution in [0.3, 0.4) is 0 Å². The molecule has 0 saturated carbocycles. The Kier molecular flexibility index (Phi) is 6.51. The van der Waals surface area contributed by atoms with Crippen molar-refractivity contribution in [2.45, 2.75) is 13.5 Å². The highest BCUT2D eigenvalue weighted by molar-refractivity contribution is 6.18. The monoisotopic (exact) mass is 402 g/mol. The minimum atomic E-state index is 0.436. The maximum atomic E-state index is 9.37. The highest BCUT2D eigenvalue weighted by Crippen LogP contribution is 2.21. The van der Waals surface area contributed by atoms with E-state index in [4.69, 9.17) is 23.2 Å². The molecule has 0 radical (unpaired) electrons. The molecule has 0 unspecified atom stereocenters. The van der Waals surface area contributed by atoms with Crippen LogP contribution in [-0.4, -0.2) is 44.3 Å². The number of aromatic nitrogens is 3. The molecule has 3 rings (SSSR count). The highest BCUT2D eigenvalue weighted by atomic mass is 35.5. The van der Waals surface area contributed by atoms with Gasteiger partial charge in [-0.25, -0.2) is 4.98 Å². The zero-order valence-corrected chi connectivity index (χ0v) is 16.5. The van der Waals surface area contributed by atoms with Gasteiger partial charge in [-0.05, 0) is 24.6 Å². The van der Waals surface area contributed by atoms with Crippen LogP contribution in [0.25, 0.3) is 5.65 Å². The van der Waals surface area contributed by atoms with E-state index < -0.39 is 0 Å². The molecule has 140 valence electrons. The predicted octanol–water partition coefficient (Wildman–Crippen LogP) is 3.93. The highest BCUT2D eigenvalue weighted by Gasteiger charge is 2.14. The average molecular weight is 403 g/mol. The second kappa shape index (κ2) is 9.05. The summed E-state index contributed by atoms with van der Waals surface area (Å²) in [4.78, 5) is 6.78. The van der Waals surface area contributed by atoms with E-state index in [1.165, 1.54) is 6.20 Å². The van der Waals surface area contributed by atoms with E-state index in [0.29, 0.717) is 42.6 Å². The van der Waals surface area contributed by atoms with E-state index >= 15 is 0 Å². The molecule has 6 nitrogen and oxygen atoms in total. The third kappa shape index (κ3) is 4.69. The van der Waals surface area contributed by atoms with Gasteiger partial charge in [0.05, 0.1) is 11.9 Å². The maximum Gasteiger partial charge on any atom is 0.175 e. The van der Waals surface area contributed by atoms with Gasteiger partial charge < -0.3 is 5.32 Å². The first kappa shape index (κ1) is 19.4. The molecule has 0 aliphatic carbocycles. The molecule has 27 heavy (non-hydrogen) atoms. The minimum Gasteiger partial charge on any atom is -0.340 e. The van der Waals surface area contributed by atoms with Crippen molar-refractivity contribution in [2.75, 3.05) is 30.2 Å². The summed E-state index contributed by atoms with van der Waals surface area (Å²) in [5.41, 5.74) is 3.89. The molecule has 0 spiro atoms. The summed E-state index contributed by atoms with van der Waals surface area (Å²) < 4.78 is 1.65. The molecular formula is C19H20Cl2N6. The number of hydrogen-bond acceptors (Lipinski definition) is 5. The number of fused-ring (bicyclic) bond motifs is 1. The molecule has 1 aromatic carbocycles. The Hall–Kier alpha value is -2.33. The first-order valence-electron chi connectivity index (χ1n) is 8.60. The first-order valence-corrected chi connectivity index (χ1v) is 9.67. The minimum absolute atomic E-state index is 0.436. The van der Waals surface area contributed by atoms with Gasteiger partial charge in [-0.3, -0.25) is 4.90 Å². The smallest absolute Gasteiger partial charge is 0.175 e. The standard InChI is InChI=1S/C19H20Cl2N6/c1-14-3-2-4-16(9-14)24-18-10-17(13-26(7-5-20)8-6-21)25-19-15(11-22)12-23-27(18)19/h2-4,9-10,12,24H,5-8,13H2,1H3. The maximum absolute atomic E-state index is 9.37. The number of halogens is 2. The summed E-state index contributed by atoms with van der Waals surface area (Å²) in [5, 5.41) is 17.1. The van der Waals surface area contributed by atoms with Crippen molar-refractivity contribution in [3.63, 3.8) is 0 Å². The van der Waals surface area contributed by atoms with E-state index in [1.54, 1.807) is 4.52 Å². The second-order valence-electron chi connectivity index (χ2n) is 6.19. The Morgan fingerprint density at radius 3 is 2.67 bits per heavy atom. The van der Waals surface area contributed by atoms with Crippen LogP contribution in [0.1, 0.15) is 16.8 Å². The Morgan fingerprint density at radius 2 is 2.00 bits per heavy atom. The van der Waals surface area contributed by atoms with Crippen LogP contribution in [0.5, 0.6) is 0 Å². The van der Waals surface area contributed by atoms with E-state index in [2.05, 4.69) is 26.4 Å². The van der Waals surface area contributed by atoms with Gasteiger partial charge in [0.1, 0.15) is 17.5 Å². The number of alkyl halides is 2. The molecule has 0 saturated heterocycles. The Balaban J connectivity index is 2.00. The quantitative estimate of drug-likeness (QED) is 0.577. The molecule has 8 heteroatoms.